The lowest BCUT2D eigenvalue weighted by molar-refractivity contribution is 0.668. The fourth-order valence-corrected chi connectivity index (χ4v) is 6.75. The van der Waals surface area contributed by atoms with Crippen molar-refractivity contribution >= 4 is 57.9 Å². The molecule has 5 nitrogen and oxygen atoms in total. The van der Waals surface area contributed by atoms with E-state index in [9.17, 15) is 0 Å². The fourth-order valence-electron chi connectivity index (χ4n) is 5.22. The fraction of sp³-hybridized carbons (Fsp3) is 0.129. The standard InChI is InChI=1S/C31H25N4OSi/c1-19(2)37(3)27-14-8-12-22-21-11-7-13-25(29(21)36-30(22)27)35-24-15-16-32-17-23(24)28-26(35)18-33-31(34-28)20-9-5-4-6-10-20/h4-19H,1-3H3. The minimum atomic E-state index is -0.750. The molecule has 0 aliphatic carbocycles. The van der Waals surface area contributed by atoms with Crippen LogP contribution in [-0.4, -0.2) is 28.3 Å². The zero-order valence-corrected chi connectivity index (χ0v) is 21.9. The monoisotopic (exact) mass is 497 g/mol. The maximum Gasteiger partial charge on any atom is 0.159 e. The van der Waals surface area contributed by atoms with Crippen LogP contribution in [0.1, 0.15) is 13.8 Å². The second kappa shape index (κ2) is 8.39. The molecule has 0 atom stereocenters. The molecule has 3 aromatic carbocycles. The Hall–Kier alpha value is -4.29. The molecule has 0 aliphatic rings. The molecule has 0 unspecified atom stereocenters. The van der Waals surface area contributed by atoms with E-state index in [4.69, 9.17) is 14.4 Å². The van der Waals surface area contributed by atoms with Crippen LogP contribution in [0.2, 0.25) is 12.1 Å². The summed E-state index contributed by atoms with van der Waals surface area (Å²) in [7, 11) is -0.750. The first-order valence-corrected chi connectivity index (χ1v) is 14.6. The maximum atomic E-state index is 6.75. The van der Waals surface area contributed by atoms with Crippen LogP contribution >= 0.6 is 0 Å². The van der Waals surface area contributed by atoms with E-state index in [-0.39, 0.29) is 0 Å². The zero-order valence-electron chi connectivity index (χ0n) is 20.9. The minimum Gasteiger partial charge on any atom is -0.454 e. The summed E-state index contributed by atoms with van der Waals surface area (Å²) in [6, 6.07) is 25.1. The summed E-state index contributed by atoms with van der Waals surface area (Å²) < 4.78 is 8.96. The van der Waals surface area contributed by atoms with E-state index in [1.165, 1.54) is 10.6 Å². The van der Waals surface area contributed by atoms with Gasteiger partial charge in [0.2, 0.25) is 0 Å². The Kier molecular flexibility index (Phi) is 4.97. The lowest BCUT2D eigenvalue weighted by atomic mass is 10.1. The van der Waals surface area contributed by atoms with Crippen LogP contribution in [0, 0.1) is 0 Å². The van der Waals surface area contributed by atoms with Crippen LogP contribution in [0.3, 0.4) is 0 Å². The number of aromatic nitrogens is 4. The molecule has 7 rings (SSSR count). The highest BCUT2D eigenvalue weighted by Crippen LogP contribution is 2.37. The molecule has 1 radical (unpaired) electrons. The van der Waals surface area contributed by atoms with Gasteiger partial charge in [-0.3, -0.25) is 4.98 Å². The molecule has 0 saturated heterocycles. The van der Waals surface area contributed by atoms with Crippen molar-refractivity contribution in [2.24, 2.45) is 0 Å². The van der Waals surface area contributed by atoms with Crippen molar-refractivity contribution in [1.29, 1.82) is 0 Å². The van der Waals surface area contributed by atoms with Gasteiger partial charge in [0, 0.05) is 34.1 Å². The molecule has 0 aliphatic heterocycles. The Morgan fingerprint density at radius 1 is 0.784 bits per heavy atom. The third-order valence-electron chi connectivity index (χ3n) is 7.37. The normalized spacial score (nSPS) is 12.1. The minimum absolute atomic E-state index is 0.615. The number of rotatable bonds is 4. The van der Waals surface area contributed by atoms with E-state index in [1.807, 2.05) is 55.0 Å². The molecule has 0 fully saturated rings. The van der Waals surface area contributed by atoms with Crippen molar-refractivity contribution in [2.75, 3.05) is 0 Å². The molecule has 37 heavy (non-hydrogen) atoms. The Bertz CT molecular complexity index is 1940. The van der Waals surface area contributed by atoms with E-state index in [2.05, 4.69) is 66.3 Å². The van der Waals surface area contributed by atoms with E-state index >= 15 is 0 Å². The second-order valence-corrected chi connectivity index (χ2v) is 12.9. The molecular weight excluding hydrogens is 472 g/mol. The highest BCUT2D eigenvalue weighted by molar-refractivity contribution is 6.75. The summed E-state index contributed by atoms with van der Waals surface area (Å²) in [4.78, 5) is 14.2. The summed E-state index contributed by atoms with van der Waals surface area (Å²) in [6.07, 6.45) is 5.64. The summed E-state index contributed by atoms with van der Waals surface area (Å²) in [5.41, 5.74) is 7.32. The van der Waals surface area contributed by atoms with Gasteiger partial charge in [0.15, 0.2) is 11.4 Å². The summed E-state index contributed by atoms with van der Waals surface area (Å²) in [6.45, 7) is 6.98. The van der Waals surface area contributed by atoms with Crippen LogP contribution in [0.4, 0.5) is 0 Å². The van der Waals surface area contributed by atoms with E-state index in [1.54, 1.807) is 0 Å². The number of furan rings is 1. The van der Waals surface area contributed by atoms with Gasteiger partial charge in [0.05, 0.1) is 31.7 Å². The lowest BCUT2D eigenvalue weighted by Gasteiger charge is -2.13. The molecule has 6 heteroatoms. The SMILES string of the molecule is CC(C)[Si](C)c1cccc2c1oc1c(-n3c4ccncc4c4nc(-c5ccccc5)ncc43)cccc12. The van der Waals surface area contributed by atoms with Crippen molar-refractivity contribution in [3.05, 3.63) is 91.4 Å². The number of benzene rings is 3. The molecule has 0 bridgehead atoms. The van der Waals surface area contributed by atoms with Gasteiger partial charge < -0.3 is 8.98 Å². The third kappa shape index (κ3) is 3.33. The van der Waals surface area contributed by atoms with Gasteiger partial charge in [0.25, 0.3) is 0 Å². The van der Waals surface area contributed by atoms with Crippen molar-refractivity contribution in [3.63, 3.8) is 0 Å². The lowest BCUT2D eigenvalue weighted by Crippen LogP contribution is -2.29. The van der Waals surface area contributed by atoms with Crippen LogP contribution in [0.15, 0.2) is 95.8 Å². The van der Waals surface area contributed by atoms with Crippen molar-refractivity contribution in [1.82, 2.24) is 19.5 Å². The Labute approximate surface area is 216 Å². The predicted molar refractivity (Wildman–Crippen MR) is 153 cm³/mol. The van der Waals surface area contributed by atoms with Gasteiger partial charge in [-0.25, -0.2) is 9.97 Å². The highest BCUT2D eigenvalue weighted by atomic mass is 28.3. The Morgan fingerprint density at radius 2 is 1.57 bits per heavy atom. The van der Waals surface area contributed by atoms with Gasteiger partial charge >= 0.3 is 0 Å². The first-order valence-electron chi connectivity index (χ1n) is 12.6. The summed E-state index contributed by atoms with van der Waals surface area (Å²) in [5.74, 6) is 0.703. The number of pyridine rings is 1. The molecule has 7 aromatic rings. The van der Waals surface area contributed by atoms with Crippen molar-refractivity contribution < 1.29 is 4.42 Å². The second-order valence-electron chi connectivity index (χ2n) is 9.80. The number of hydrogen-bond acceptors (Lipinski definition) is 4. The van der Waals surface area contributed by atoms with Crippen LogP contribution in [0.25, 0.3) is 61.0 Å². The van der Waals surface area contributed by atoms with Gasteiger partial charge in [-0.1, -0.05) is 81.1 Å². The predicted octanol–water partition coefficient (Wildman–Crippen LogP) is 7.28. The average molecular weight is 498 g/mol. The number of nitrogens with zero attached hydrogens (tertiary/aromatic N) is 4. The highest BCUT2D eigenvalue weighted by Gasteiger charge is 2.22. The zero-order chi connectivity index (χ0) is 25.1. The van der Waals surface area contributed by atoms with Crippen LogP contribution in [0.5, 0.6) is 0 Å². The first-order chi connectivity index (χ1) is 18.1. The summed E-state index contributed by atoms with van der Waals surface area (Å²) >= 11 is 0. The maximum absolute atomic E-state index is 6.75. The van der Waals surface area contributed by atoms with E-state index < -0.39 is 8.80 Å². The van der Waals surface area contributed by atoms with Gasteiger partial charge in [-0.05, 0) is 22.9 Å². The molecule has 0 N–H and O–H groups in total. The number of para-hydroxylation sites is 2. The molecule has 0 spiro atoms. The quantitative estimate of drug-likeness (QED) is 0.240. The van der Waals surface area contributed by atoms with Crippen molar-refractivity contribution in [2.45, 2.75) is 25.9 Å². The molecule has 4 heterocycles. The Balaban J connectivity index is 1.54. The van der Waals surface area contributed by atoms with E-state index in [0.717, 1.165) is 49.7 Å². The molecular formula is C31H25N4OSi. The molecule has 0 amide bonds. The summed E-state index contributed by atoms with van der Waals surface area (Å²) in [5, 5.41) is 4.63. The third-order valence-corrected chi connectivity index (χ3v) is 10.3. The van der Waals surface area contributed by atoms with Gasteiger partial charge in [-0.2, -0.15) is 0 Å². The number of hydrogen-bond donors (Lipinski definition) is 0. The molecule has 0 saturated carbocycles. The van der Waals surface area contributed by atoms with Crippen molar-refractivity contribution in [3.8, 4) is 17.1 Å². The number of fused-ring (bicyclic) bond motifs is 6. The van der Waals surface area contributed by atoms with E-state index in [0.29, 0.717) is 11.4 Å². The van der Waals surface area contributed by atoms with Gasteiger partial charge in [-0.15, -0.1) is 0 Å². The topological polar surface area (TPSA) is 56.7 Å². The van der Waals surface area contributed by atoms with Gasteiger partial charge in [0.1, 0.15) is 11.1 Å². The average Bonchev–Trinajstić information content (AvgIpc) is 3.49. The largest absolute Gasteiger partial charge is 0.454 e. The molecule has 4 aromatic heterocycles. The Morgan fingerprint density at radius 3 is 2.38 bits per heavy atom. The first kappa shape index (κ1) is 21.9. The van der Waals surface area contributed by atoms with Crippen LogP contribution in [-0.2, 0) is 0 Å². The molecule has 179 valence electrons. The smallest absolute Gasteiger partial charge is 0.159 e. The van der Waals surface area contributed by atoms with Crippen LogP contribution < -0.4 is 5.19 Å².